The average Bonchev–Trinajstić information content (AvgIpc) is 2.65. The largest absolute Gasteiger partial charge is 0.573 e. The molecule has 0 saturated heterocycles. The molecule has 3 N–H and O–H groups in total. The van der Waals surface area contributed by atoms with E-state index in [1.807, 2.05) is 0 Å². The van der Waals surface area contributed by atoms with Crippen LogP contribution in [0.3, 0.4) is 0 Å². The smallest absolute Gasteiger partial charge is 0.405 e. The lowest BCUT2D eigenvalue weighted by molar-refractivity contribution is -0.274. The van der Waals surface area contributed by atoms with Crippen molar-refractivity contribution in [2.24, 2.45) is 0 Å². The van der Waals surface area contributed by atoms with Crippen molar-refractivity contribution in [3.63, 3.8) is 0 Å². The molecule has 3 rings (SSSR count). The minimum absolute atomic E-state index is 0.0204. The molecule has 0 radical (unpaired) electrons. The number of aromatic amines is 1. The van der Waals surface area contributed by atoms with Crippen LogP contribution in [-0.4, -0.2) is 22.5 Å². The molecule has 0 amide bonds. The van der Waals surface area contributed by atoms with Crippen LogP contribution < -0.4 is 15.6 Å². The Morgan fingerprint density at radius 1 is 1.13 bits per heavy atom. The van der Waals surface area contributed by atoms with Gasteiger partial charge in [0.05, 0.1) is 21.3 Å². The first kappa shape index (κ1) is 21.7. The number of alkyl halides is 3. The Morgan fingerprint density at radius 3 is 2.43 bits per heavy atom. The molecule has 1 aromatic heterocycles. The molecule has 0 aliphatic rings. The number of nitrogens with one attached hydrogen (secondary N) is 3. The van der Waals surface area contributed by atoms with Crippen molar-refractivity contribution >= 4 is 40.9 Å². The number of anilines is 2. The number of hydrogen-bond donors (Lipinski definition) is 3. The molecule has 0 saturated carbocycles. The van der Waals surface area contributed by atoms with Gasteiger partial charge >= 0.3 is 6.36 Å². The third-order valence-electron chi connectivity index (χ3n) is 3.91. The zero-order chi connectivity index (χ0) is 21.9. The van der Waals surface area contributed by atoms with Crippen molar-refractivity contribution < 1.29 is 17.9 Å². The second-order valence-corrected chi connectivity index (χ2v) is 6.79. The fourth-order valence-corrected chi connectivity index (χ4v) is 3.12. The summed E-state index contributed by atoms with van der Waals surface area (Å²) >= 11 is 12.3. The molecule has 30 heavy (non-hydrogen) atoms. The highest BCUT2D eigenvalue weighted by atomic mass is 35.5. The second kappa shape index (κ2) is 8.76. The number of para-hydroxylation sites is 2. The van der Waals surface area contributed by atoms with Crippen molar-refractivity contribution in [3.8, 4) is 5.75 Å². The van der Waals surface area contributed by atoms with Crippen molar-refractivity contribution in [2.75, 3.05) is 5.32 Å². The third kappa shape index (κ3) is 5.11. The van der Waals surface area contributed by atoms with E-state index in [4.69, 9.17) is 28.6 Å². The molecule has 0 aliphatic carbocycles. The Bertz CT molecular complexity index is 1130. The molecule has 0 spiro atoms. The zero-order valence-electron chi connectivity index (χ0n) is 15.0. The van der Waals surface area contributed by atoms with Crippen LogP contribution in [0.5, 0.6) is 5.75 Å². The molecule has 1 heterocycles. The number of rotatable bonds is 6. The molecular weight excluding hydrogens is 444 g/mol. The third-order valence-corrected chi connectivity index (χ3v) is 4.54. The van der Waals surface area contributed by atoms with Crippen LogP contribution in [0.4, 0.5) is 24.7 Å². The van der Waals surface area contributed by atoms with Gasteiger partial charge in [0.25, 0.3) is 5.56 Å². The van der Waals surface area contributed by atoms with Gasteiger partial charge in [-0.05, 0) is 18.2 Å². The molecule has 156 valence electrons. The van der Waals surface area contributed by atoms with E-state index in [9.17, 15) is 18.0 Å². The van der Waals surface area contributed by atoms with Crippen LogP contribution in [0.2, 0.25) is 10.0 Å². The molecule has 0 atom stereocenters. The van der Waals surface area contributed by atoms with Crippen LogP contribution in [0.1, 0.15) is 17.0 Å². The first-order chi connectivity index (χ1) is 14.2. The quantitative estimate of drug-likeness (QED) is 0.438. The van der Waals surface area contributed by atoms with Crippen LogP contribution in [-0.2, 0) is 6.42 Å². The number of aromatic nitrogens is 2. The molecule has 11 heteroatoms. The van der Waals surface area contributed by atoms with E-state index in [-0.39, 0.29) is 44.9 Å². The highest BCUT2D eigenvalue weighted by Gasteiger charge is 2.32. The maximum atomic E-state index is 12.6. The SMILES string of the molecule is N=Cc1c(Nc2c(Cl)cccc2Cl)nc(Cc2ccccc2OC(F)(F)F)[nH]c1=O. The number of ether oxygens (including phenoxy) is 1. The van der Waals surface area contributed by atoms with Gasteiger partial charge in [-0.3, -0.25) is 4.79 Å². The molecule has 0 unspecified atom stereocenters. The molecule has 0 bridgehead atoms. The average molecular weight is 457 g/mol. The minimum Gasteiger partial charge on any atom is -0.405 e. The summed E-state index contributed by atoms with van der Waals surface area (Å²) in [6.07, 6.45) is -4.23. The van der Waals surface area contributed by atoms with Crippen molar-refractivity contribution in [2.45, 2.75) is 12.8 Å². The predicted molar refractivity (Wildman–Crippen MR) is 108 cm³/mol. The van der Waals surface area contributed by atoms with E-state index < -0.39 is 17.7 Å². The Kier molecular flexibility index (Phi) is 6.33. The Labute approximate surface area is 178 Å². The fourth-order valence-electron chi connectivity index (χ4n) is 2.63. The van der Waals surface area contributed by atoms with Crippen LogP contribution in [0, 0.1) is 5.41 Å². The Balaban J connectivity index is 2.01. The number of H-pyrrole nitrogens is 1. The lowest BCUT2D eigenvalue weighted by atomic mass is 10.1. The Hall–Kier alpha value is -3.04. The summed E-state index contributed by atoms with van der Waals surface area (Å²) in [5.74, 6) is -0.380. The second-order valence-electron chi connectivity index (χ2n) is 5.97. The molecule has 6 nitrogen and oxygen atoms in total. The molecular formula is C19H13Cl2F3N4O2. The summed E-state index contributed by atoms with van der Waals surface area (Å²) in [5.41, 5.74) is -0.333. The Morgan fingerprint density at radius 2 is 1.80 bits per heavy atom. The van der Waals surface area contributed by atoms with Gasteiger partial charge in [-0.1, -0.05) is 47.5 Å². The van der Waals surface area contributed by atoms with Crippen molar-refractivity contribution in [1.82, 2.24) is 9.97 Å². The molecule has 3 aromatic rings. The van der Waals surface area contributed by atoms with E-state index in [0.29, 0.717) is 0 Å². The number of benzene rings is 2. The predicted octanol–water partition coefficient (Wildman–Crippen LogP) is 5.31. The highest BCUT2D eigenvalue weighted by Crippen LogP contribution is 2.33. The molecule has 2 aromatic carbocycles. The minimum atomic E-state index is -4.87. The number of hydrogen-bond acceptors (Lipinski definition) is 5. The summed E-state index contributed by atoms with van der Waals surface area (Å²) in [5, 5.41) is 10.8. The lowest BCUT2D eigenvalue weighted by Crippen LogP contribution is -2.20. The van der Waals surface area contributed by atoms with Gasteiger partial charge in [0.2, 0.25) is 0 Å². The topological polar surface area (TPSA) is 90.9 Å². The van der Waals surface area contributed by atoms with Crippen LogP contribution in [0.25, 0.3) is 0 Å². The van der Waals surface area contributed by atoms with Gasteiger partial charge in [0, 0.05) is 18.2 Å². The lowest BCUT2D eigenvalue weighted by Gasteiger charge is -2.14. The normalized spacial score (nSPS) is 11.2. The van der Waals surface area contributed by atoms with Gasteiger partial charge in [0.1, 0.15) is 17.4 Å². The number of halogens is 5. The van der Waals surface area contributed by atoms with E-state index in [1.54, 1.807) is 18.2 Å². The summed E-state index contributed by atoms with van der Waals surface area (Å²) < 4.78 is 42.0. The first-order valence-electron chi connectivity index (χ1n) is 8.36. The maximum absolute atomic E-state index is 12.6. The summed E-state index contributed by atoms with van der Waals surface area (Å²) in [4.78, 5) is 19.1. The van der Waals surface area contributed by atoms with E-state index in [2.05, 4.69) is 20.0 Å². The van der Waals surface area contributed by atoms with Gasteiger partial charge in [0.15, 0.2) is 0 Å². The van der Waals surface area contributed by atoms with Gasteiger partial charge in [-0.15, -0.1) is 13.2 Å². The van der Waals surface area contributed by atoms with E-state index >= 15 is 0 Å². The van der Waals surface area contributed by atoms with Crippen LogP contribution in [0.15, 0.2) is 47.3 Å². The van der Waals surface area contributed by atoms with Crippen LogP contribution >= 0.6 is 23.2 Å². The highest BCUT2D eigenvalue weighted by molar-refractivity contribution is 6.39. The van der Waals surface area contributed by atoms with E-state index in [0.717, 1.165) is 12.3 Å². The summed E-state index contributed by atoms with van der Waals surface area (Å²) in [7, 11) is 0. The fraction of sp³-hybridized carbons (Fsp3) is 0.105. The van der Waals surface area contributed by atoms with E-state index in [1.165, 1.54) is 18.2 Å². The van der Waals surface area contributed by atoms with Gasteiger partial charge in [-0.2, -0.15) is 0 Å². The number of nitrogens with zero attached hydrogens (tertiary/aromatic N) is 1. The van der Waals surface area contributed by atoms with Gasteiger partial charge in [-0.25, -0.2) is 4.98 Å². The van der Waals surface area contributed by atoms with Crippen molar-refractivity contribution in [1.29, 1.82) is 5.41 Å². The maximum Gasteiger partial charge on any atom is 0.573 e. The van der Waals surface area contributed by atoms with Crippen molar-refractivity contribution in [3.05, 3.63) is 79.8 Å². The molecule has 0 fully saturated rings. The monoisotopic (exact) mass is 456 g/mol. The standard InChI is InChI=1S/C19H13Cl2F3N4O2/c20-12-5-3-6-13(21)16(12)28-17-11(9-25)18(29)27-15(26-17)8-10-4-1-2-7-14(10)30-19(22,23)24/h1-7,9,25H,8H2,(H2,26,27,28,29). The summed E-state index contributed by atoms with van der Waals surface area (Å²) in [6, 6.07) is 10.3. The van der Waals surface area contributed by atoms with Gasteiger partial charge < -0.3 is 20.4 Å². The zero-order valence-corrected chi connectivity index (χ0v) is 16.5. The molecule has 0 aliphatic heterocycles. The summed E-state index contributed by atoms with van der Waals surface area (Å²) in [6.45, 7) is 0. The first-order valence-corrected chi connectivity index (χ1v) is 9.12.